The van der Waals surface area contributed by atoms with Gasteiger partial charge in [0.2, 0.25) is 0 Å². The molecule has 1 aliphatic heterocycles. The molecule has 2 rings (SSSR count). The van der Waals surface area contributed by atoms with Crippen LogP contribution in [0.4, 0.5) is 0 Å². The molecule has 0 aromatic heterocycles. The maximum absolute atomic E-state index is 11.7. The highest BCUT2D eigenvalue weighted by molar-refractivity contribution is 8.18. The minimum absolute atomic E-state index is 0.155. The highest BCUT2D eigenvalue weighted by Crippen LogP contribution is 2.55. The number of Topliss-reactive ketones (excluding diaryl/α,β-unsaturated/α-hetero) is 1. The van der Waals surface area contributed by atoms with Crippen molar-refractivity contribution in [2.24, 2.45) is 5.92 Å². The lowest BCUT2D eigenvalue weighted by Crippen LogP contribution is -2.32. The number of carbonyl (C=O) groups is 1. The first-order valence-corrected chi connectivity index (χ1v) is 8.77. The number of ketones is 1. The number of carbonyl (C=O) groups excluding carboxylic acids is 1. The first-order chi connectivity index (χ1) is 7.54. The first kappa shape index (κ1) is 12.0. The maximum atomic E-state index is 11.7. The summed E-state index contributed by atoms with van der Waals surface area (Å²) >= 11 is 5.93. The van der Waals surface area contributed by atoms with Gasteiger partial charge in [-0.15, -0.1) is 0 Å². The van der Waals surface area contributed by atoms with Crippen LogP contribution in [0.1, 0.15) is 20.3 Å². The second-order valence-electron chi connectivity index (χ2n) is 4.73. The van der Waals surface area contributed by atoms with Crippen LogP contribution in [0, 0.1) is 5.92 Å². The predicted octanol–water partition coefficient (Wildman–Crippen LogP) is 2.79. The Morgan fingerprint density at radius 3 is 2.50 bits per heavy atom. The van der Waals surface area contributed by atoms with Gasteiger partial charge in [-0.1, -0.05) is 56.0 Å². The highest BCUT2D eigenvalue weighted by atomic mass is 32.4. The molecule has 0 aliphatic carbocycles. The van der Waals surface area contributed by atoms with Crippen LogP contribution in [0.3, 0.4) is 0 Å². The lowest BCUT2D eigenvalue weighted by Gasteiger charge is -2.36. The molecule has 1 aromatic carbocycles. The second-order valence-corrected chi connectivity index (χ2v) is 10.0. The van der Waals surface area contributed by atoms with Gasteiger partial charge < -0.3 is 0 Å². The summed E-state index contributed by atoms with van der Waals surface area (Å²) in [5.74, 6) is 0.547. The van der Waals surface area contributed by atoms with Gasteiger partial charge >= 0.3 is 0 Å². The third-order valence-electron chi connectivity index (χ3n) is 3.50. The maximum Gasteiger partial charge on any atom is 0.136 e. The van der Waals surface area contributed by atoms with Crippen LogP contribution in [0.2, 0.25) is 0 Å². The summed E-state index contributed by atoms with van der Waals surface area (Å²) in [5, 5.41) is 1.30. The number of rotatable bonds is 1. The van der Waals surface area contributed by atoms with Gasteiger partial charge in [-0.05, 0) is 23.2 Å². The van der Waals surface area contributed by atoms with E-state index in [-0.39, 0.29) is 5.92 Å². The summed E-state index contributed by atoms with van der Waals surface area (Å²) in [7, 11) is 0. The Labute approximate surface area is 102 Å². The van der Waals surface area contributed by atoms with E-state index in [1.165, 1.54) is 5.30 Å². The molecule has 0 saturated carbocycles. The summed E-state index contributed by atoms with van der Waals surface area (Å²) in [6, 6.07) is 8.87. The van der Waals surface area contributed by atoms with E-state index in [1.54, 1.807) is 0 Å². The van der Waals surface area contributed by atoms with Crippen LogP contribution in [-0.4, -0.2) is 17.6 Å². The SMILES string of the molecule is CC1CP(=S)(c2ccccc2)C(C)CC1=O. The lowest BCUT2D eigenvalue weighted by atomic mass is 10.0. The zero-order valence-electron chi connectivity index (χ0n) is 9.72. The second kappa shape index (κ2) is 4.43. The predicted molar refractivity (Wildman–Crippen MR) is 73.5 cm³/mol. The van der Waals surface area contributed by atoms with E-state index in [0.29, 0.717) is 17.9 Å². The Hall–Kier alpha value is -0.460. The van der Waals surface area contributed by atoms with Gasteiger partial charge in [0.25, 0.3) is 0 Å². The Morgan fingerprint density at radius 2 is 1.88 bits per heavy atom. The van der Waals surface area contributed by atoms with Crippen molar-refractivity contribution >= 4 is 28.9 Å². The molecule has 0 amide bonds. The molecule has 0 bridgehead atoms. The number of hydrogen-bond acceptors (Lipinski definition) is 2. The van der Waals surface area contributed by atoms with Crippen LogP contribution >= 0.6 is 6.04 Å². The summed E-state index contributed by atoms with van der Waals surface area (Å²) in [5.41, 5.74) is 0.369. The molecule has 1 fully saturated rings. The quantitative estimate of drug-likeness (QED) is 0.715. The van der Waals surface area contributed by atoms with Crippen molar-refractivity contribution in [1.82, 2.24) is 0 Å². The normalized spacial score (nSPS) is 35.0. The van der Waals surface area contributed by atoms with E-state index < -0.39 is 6.04 Å². The molecular formula is C13H17OPS. The fraction of sp³-hybridized carbons (Fsp3) is 0.462. The van der Waals surface area contributed by atoms with Crippen LogP contribution in [0.15, 0.2) is 30.3 Å². The first-order valence-electron chi connectivity index (χ1n) is 5.71. The van der Waals surface area contributed by atoms with Crippen LogP contribution in [0.25, 0.3) is 0 Å². The molecule has 1 aliphatic rings. The molecule has 1 saturated heterocycles. The summed E-state index contributed by atoms with van der Waals surface area (Å²) < 4.78 is 0. The minimum Gasteiger partial charge on any atom is -0.299 e. The third kappa shape index (κ3) is 2.01. The average molecular weight is 252 g/mol. The van der Waals surface area contributed by atoms with E-state index in [1.807, 2.05) is 13.0 Å². The molecule has 3 heteroatoms. The van der Waals surface area contributed by atoms with Gasteiger partial charge in [0.05, 0.1) is 0 Å². The van der Waals surface area contributed by atoms with Gasteiger partial charge in [0, 0.05) is 12.3 Å². The van der Waals surface area contributed by atoms with E-state index in [0.717, 1.165) is 6.16 Å². The summed E-state index contributed by atoms with van der Waals surface area (Å²) in [6.45, 7) is 4.18. The zero-order valence-corrected chi connectivity index (χ0v) is 11.4. The van der Waals surface area contributed by atoms with Crippen molar-refractivity contribution < 1.29 is 4.79 Å². The third-order valence-corrected chi connectivity index (χ3v) is 9.52. The van der Waals surface area contributed by atoms with Gasteiger partial charge in [-0.3, -0.25) is 4.79 Å². The van der Waals surface area contributed by atoms with E-state index in [2.05, 4.69) is 31.2 Å². The van der Waals surface area contributed by atoms with Gasteiger partial charge in [0.15, 0.2) is 0 Å². The smallest absolute Gasteiger partial charge is 0.136 e. The highest BCUT2D eigenvalue weighted by Gasteiger charge is 2.36. The molecule has 3 atom stereocenters. The van der Waals surface area contributed by atoms with Crippen molar-refractivity contribution in [3.05, 3.63) is 30.3 Å². The largest absolute Gasteiger partial charge is 0.299 e. The van der Waals surface area contributed by atoms with Crippen molar-refractivity contribution in [2.45, 2.75) is 25.9 Å². The number of hydrogen-bond donors (Lipinski definition) is 0. The molecule has 3 unspecified atom stereocenters. The van der Waals surface area contributed by atoms with Crippen LogP contribution in [-0.2, 0) is 16.6 Å². The molecule has 86 valence electrons. The van der Waals surface area contributed by atoms with Crippen molar-refractivity contribution in [2.75, 3.05) is 6.16 Å². The molecule has 1 nitrogen and oxygen atoms in total. The molecule has 1 heterocycles. The van der Waals surface area contributed by atoms with Crippen LogP contribution in [0.5, 0.6) is 0 Å². The lowest BCUT2D eigenvalue weighted by molar-refractivity contribution is -0.122. The Balaban J connectivity index is 2.38. The molecule has 0 N–H and O–H groups in total. The summed E-state index contributed by atoms with van der Waals surface area (Å²) in [4.78, 5) is 11.7. The Bertz CT molecular complexity index is 441. The standard InChI is InChI=1S/C13H17OPS/c1-10-9-15(16,11(2)8-13(10)14)12-6-4-3-5-7-12/h3-7,10-11H,8-9H2,1-2H3. The van der Waals surface area contributed by atoms with E-state index in [9.17, 15) is 4.79 Å². The number of benzene rings is 1. The van der Waals surface area contributed by atoms with Gasteiger partial charge in [-0.25, -0.2) is 0 Å². The molecule has 0 spiro atoms. The molecule has 0 radical (unpaired) electrons. The molecule has 16 heavy (non-hydrogen) atoms. The average Bonchev–Trinajstić information content (AvgIpc) is 2.28. The van der Waals surface area contributed by atoms with Crippen molar-refractivity contribution in [3.8, 4) is 0 Å². The fourth-order valence-corrected chi connectivity index (χ4v) is 6.88. The van der Waals surface area contributed by atoms with Gasteiger partial charge in [-0.2, -0.15) is 0 Å². The zero-order chi connectivity index (χ0) is 11.8. The van der Waals surface area contributed by atoms with Crippen molar-refractivity contribution in [1.29, 1.82) is 0 Å². The minimum atomic E-state index is -1.54. The molecule has 1 aromatic rings. The van der Waals surface area contributed by atoms with E-state index >= 15 is 0 Å². The Morgan fingerprint density at radius 1 is 1.25 bits per heavy atom. The van der Waals surface area contributed by atoms with Crippen LogP contribution < -0.4 is 5.30 Å². The molecular weight excluding hydrogens is 235 g/mol. The topological polar surface area (TPSA) is 17.1 Å². The van der Waals surface area contributed by atoms with Gasteiger partial charge in [0.1, 0.15) is 5.78 Å². The van der Waals surface area contributed by atoms with Crippen molar-refractivity contribution in [3.63, 3.8) is 0 Å². The monoisotopic (exact) mass is 252 g/mol. The Kier molecular flexibility index (Phi) is 3.32. The summed E-state index contributed by atoms with van der Waals surface area (Å²) in [6.07, 6.45) is 1.58. The van der Waals surface area contributed by atoms with E-state index in [4.69, 9.17) is 11.8 Å². The fourth-order valence-electron chi connectivity index (χ4n) is 2.37.